The maximum absolute atomic E-state index is 5.12. The molecule has 0 heterocycles. The van der Waals surface area contributed by atoms with E-state index in [1.165, 1.54) is 12.8 Å². The molecule has 1 atom stereocenters. The first-order chi connectivity index (χ1) is 5.16. The molecule has 0 aromatic carbocycles. The molecule has 2 heteroatoms. The van der Waals surface area contributed by atoms with Crippen LogP contribution in [0, 0.1) is 5.41 Å². The van der Waals surface area contributed by atoms with E-state index in [2.05, 4.69) is 19.2 Å². The number of nitrogens with one attached hydrogen (secondary N) is 1. The summed E-state index contributed by atoms with van der Waals surface area (Å²) in [6, 6.07) is 0. The number of hydrogen-bond acceptors (Lipinski definition) is 2. The van der Waals surface area contributed by atoms with Crippen LogP contribution in [0.4, 0.5) is 0 Å². The summed E-state index contributed by atoms with van der Waals surface area (Å²) in [6.45, 7) is 6.55. The van der Waals surface area contributed by atoms with Crippen molar-refractivity contribution in [2.75, 3.05) is 20.2 Å². The van der Waals surface area contributed by atoms with Crippen LogP contribution in [0.5, 0.6) is 0 Å². The maximum atomic E-state index is 5.12. The molecule has 11 heavy (non-hydrogen) atoms. The molecule has 1 N–H and O–H groups in total. The van der Waals surface area contributed by atoms with Crippen molar-refractivity contribution in [1.29, 1.82) is 0 Å². The predicted octanol–water partition coefficient (Wildman–Crippen LogP) is 1.41. The molecule has 0 spiro atoms. The highest BCUT2D eigenvalue weighted by Gasteiger charge is 2.36. The van der Waals surface area contributed by atoms with Crippen LogP contribution in [0.1, 0.15) is 26.7 Å². The lowest BCUT2D eigenvalue weighted by atomic mass is 10.1. The number of hydrogen-bond donors (Lipinski definition) is 1. The monoisotopic (exact) mass is 157 g/mol. The zero-order valence-electron chi connectivity index (χ0n) is 7.81. The third kappa shape index (κ3) is 3.21. The first-order valence-electron chi connectivity index (χ1n) is 4.40. The summed E-state index contributed by atoms with van der Waals surface area (Å²) in [5.41, 5.74) is 0.619. The van der Waals surface area contributed by atoms with E-state index in [0.29, 0.717) is 11.5 Å². The highest BCUT2D eigenvalue weighted by molar-refractivity contribution is 4.90. The molecule has 1 aliphatic rings. The van der Waals surface area contributed by atoms with Crippen molar-refractivity contribution in [3.63, 3.8) is 0 Å². The Hall–Kier alpha value is -0.0800. The molecule has 1 aliphatic carbocycles. The molecule has 1 saturated carbocycles. The van der Waals surface area contributed by atoms with Gasteiger partial charge in [0.2, 0.25) is 0 Å². The fourth-order valence-electron chi connectivity index (χ4n) is 1.05. The van der Waals surface area contributed by atoms with Crippen molar-refractivity contribution in [2.24, 2.45) is 5.41 Å². The van der Waals surface area contributed by atoms with E-state index in [1.54, 1.807) is 7.11 Å². The van der Waals surface area contributed by atoms with Gasteiger partial charge < -0.3 is 10.1 Å². The Morgan fingerprint density at radius 3 is 2.64 bits per heavy atom. The fraction of sp³-hybridized carbons (Fsp3) is 1.00. The molecule has 0 bridgehead atoms. The summed E-state index contributed by atoms with van der Waals surface area (Å²) in [7, 11) is 1.76. The summed E-state index contributed by atoms with van der Waals surface area (Å²) in [5.74, 6) is 0. The highest BCUT2D eigenvalue weighted by Crippen LogP contribution is 2.43. The highest BCUT2D eigenvalue weighted by atomic mass is 16.5. The van der Waals surface area contributed by atoms with Gasteiger partial charge in [-0.05, 0) is 25.2 Å². The van der Waals surface area contributed by atoms with Gasteiger partial charge in [-0.25, -0.2) is 0 Å². The van der Waals surface area contributed by atoms with Gasteiger partial charge in [-0.2, -0.15) is 0 Å². The molecule has 0 aromatic rings. The molecule has 0 saturated heterocycles. The lowest BCUT2D eigenvalue weighted by Crippen LogP contribution is -2.30. The van der Waals surface area contributed by atoms with Crippen LogP contribution >= 0.6 is 0 Å². The van der Waals surface area contributed by atoms with Crippen LogP contribution in [-0.2, 0) is 4.74 Å². The summed E-state index contributed by atoms with van der Waals surface area (Å²) in [4.78, 5) is 0. The van der Waals surface area contributed by atoms with E-state index in [4.69, 9.17) is 4.74 Å². The average Bonchev–Trinajstić information content (AvgIpc) is 2.68. The zero-order valence-corrected chi connectivity index (χ0v) is 7.81. The summed E-state index contributed by atoms with van der Waals surface area (Å²) < 4.78 is 5.12. The molecule has 1 fully saturated rings. The first kappa shape index (κ1) is 9.01. The summed E-state index contributed by atoms with van der Waals surface area (Å²) in [5, 5.41) is 3.41. The molecule has 0 radical (unpaired) electrons. The van der Waals surface area contributed by atoms with Gasteiger partial charge >= 0.3 is 0 Å². The number of methoxy groups -OCH3 is 1. The molecule has 1 rings (SSSR count). The van der Waals surface area contributed by atoms with Gasteiger partial charge in [-0.1, -0.05) is 6.92 Å². The van der Waals surface area contributed by atoms with Gasteiger partial charge in [0.05, 0.1) is 6.10 Å². The SMILES string of the molecule is COC(C)CNCC1(C)CC1. The zero-order chi connectivity index (χ0) is 8.32. The normalized spacial score (nSPS) is 23.2. The summed E-state index contributed by atoms with van der Waals surface area (Å²) in [6.07, 6.45) is 3.13. The van der Waals surface area contributed by atoms with Crippen LogP contribution in [0.2, 0.25) is 0 Å². The van der Waals surface area contributed by atoms with Crippen molar-refractivity contribution in [1.82, 2.24) is 5.32 Å². The van der Waals surface area contributed by atoms with E-state index in [0.717, 1.165) is 13.1 Å². The van der Waals surface area contributed by atoms with Crippen LogP contribution in [0.25, 0.3) is 0 Å². The maximum Gasteiger partial charge on any atom is 0.0667 e. The van der Waals surface area contributed by atoms with Crippen LogP contribution in [0.15, 0.2) is 0 Å². The van der Waals surface area contributed by atoms with Crippen molar-refractivity contribution >= 4 is 0 Å². The Kier molecular flexibility index (Phi) is 2.90. The minimum atomic E-state index is 0.345. The van der Waals surface area contributed by atoms with Gasteiger partial charge in [0.1, 0.15) is 0 Å². The van der Waals surface area contributed by atoms with Crippen molar-refractivity contribution in [2.45, 2.75) is 32.8 Å². The van der Waals surface area contributed by atoms with E-state index in [9.17, 15) is 0 Å². The molecular formula is C9H19NO. The van der Waals surface area contributed by atoms with Crippen LogP contribution in [0.3, 0.4) is 0 Å². The Labute approximate surface area is 69.3 Å². The quantitative estimate of drug-likeness (QED) is 0.651. The second kappa shape index (κ2) is 3.55. The van der Waals surface area contributed by atoms with Gasteiger partial charge in [-0.15, -0.1) is 0 Å². The predicted molar refractivity (Wildman–Crippen MR) is 46.7 cm³/mol. The Bertz CT molecular complexity index is 121. The Morgan fingerprint density at radius 1 is 1.55 bits per heavy atom. The minimum Gasteiger partial charge on any atom is -0.380 e. The molecule has 0 aliphatic heterocycles. The number of rotatable bonds is 5. The first-order valence-corrected chi connectivity index (χ1v) is 4.40. The second-order valence-electron chi connectivity index (χ2n) is 3.99. The van der Waals surface area contributed by atoms with E-state index < -0.39 is 0 Å². The molecule has 2 nitrogen and oxygen atoms in total. The molecular weight excluding hydrogens is 138 g/mol. The summed E-state index contributed by atoms with van der Waals surface area (Å²) >= 11 is 0. The van der Waals surface area contributed by atoms with Crippen molar-refractivity contribution in [3.05, 3.63) is 0 Å². The van der Waals surface area contributed by atoms with Crippen molar-refractivity contribution in [3.8, 4) is 0 Å². The lowest BCUT2D eigenvalue weighted by molar-refractivity contribution is 0.116. The molecule has 0 aromatic heterocycles. The number of ether oxygens (including phenoxy) is 1. The molecule has 66 valence electrons. The third-order valence-electron chi connectivity index (χ3n) is 2.49. The van der Waals surface area contributed by atoms with Crippen LogP contribution in [-0.4, -0.2) is 26.3 Å². The van der Waals surface area contributed by atoms with E-state index >= 15 is 0 Å². The topological polar surface area (TPSA) is 21.3 Å². The Morgan fingerprint density at radius 2 is 2.18 bits per heavy atom. The average molecular weight is 157 g/mol. The van der Waals surface area contributed by atoms with Gasteiger partial charge in [0, 0.05) is 20.2 Å². The van der Waals surface area contributed by atoms with Gasteiger partial charge in [0.25, 0.3) is 0 Å². The van der Waals surface area contributed by atoms with Gasteiger partial charge in [-0.3, -0.25) is 0 Å². The largest absolute Gasteiger partial charge is 0.380 e. The molecule has 1 unspecified atom stereocenters. The van der Waals surface area contributed by atoms with Crippen LogP contribution < -0.4 is 5.32 Å². The fourth-order valence-corrected chi connectivity index (χ4v) is 1.05. The standard InChI is InChI=1S/C9H19NO/c1-8(11-3)6-10-7-9(2)4-5-9/h8,10H,4-7H2,1-3H3. The van der Waals surface area contributed by atoms with Crippen molar-refractivity contribution < 1.29 is 4.74 Å². The molecule has 0 amide bonds. The van der Waals surface area contributed by atoms with E-state index in [1.807, 2.05) is 0 Å². The van der Waals surface area contributed by atoms with Gasteiger partial charge in [0.15, 0.2) is 0 Å². The second-order valence-corrected chi connectivity index (χ2v) is 3.99. The van der Waals surface area contributed by atoms with E-state index in [-0.39, 0.29) is 0 Å². The third-order valence-corrected chi connectivity index (χ3v) is 2.49. The smallest absolute Gasteiger partial charge is 0.0667 e. The Balaban J connectivity index is 1.95. The minimum absolute atomic E-state index is 0.345. The lowest BCUT2D eigenvalue weighted by Gasteiger charge is -2.13.